The van der Waals surface area contributed by atoms with Crippen LogP contribution < -0.4 is 14.9 Å². The average Bonchev–Trinajstić information content (AvgIpc) is 2.88. The molecule has 0 aromatic heterocycles. The Balaban J connectivity index is 1.85. The number of rotatable bonds is 10. The van der Waals surface area contributed by atoms with Crippen molar-refractivity contribution in [1.29, 1.82) is 0 Å². The summed E-state index contributed by atoms with van der Waals surface area (Å²) >= 11 is 0. The van der Waals surface area contributed by atoms with Crippen LogP contribution in [0.1, 0.15) is 16.7 Å². The smallest absolute Gasteiger partial charge is 0.417 e. The topological polar surface area (TPSA) is 97.3 Å². The van der Waals surface area contributed by atoms with E-state index in [0.717, 1.165) is 16.6 Å². The lowest BCUT2D eigenvalue weighted by Crippen LogP contribution is -2.39. The summed E-state index contributed by atoms with van der Waals surface area (Å²) in [6.07, 6.45) is -3.75. The van der Waals surface area contributed by atoms with Crippen molar-refractivity contribution in [3.63, 3.8) is 0 Å². The lowest BCUT2D eigenvalue weighted by molar-refractivity contribution is -0.137. The first-order valence-electron chi connectivity index (χ1n) is 10.8. The molecule has 196 valence electrons. The summed E-state index contributed by atoms with van der Waals surface area (Å²) in [4.78, 5) is 12.5. The van der Waals surface area contributed by atoms with Crippen LogP contribution in [0.5, 0.6) is 11.5 Å². The molecule has 3 rings (SSSR count). The summed E-state index contributed by atoms with van der Waals surface area (Å²) in [7, 11) is -1.45. The predicted octanol–water partition coefficient (Wildman–Crippen LogP) is 4.06. The van der Waals surface area contributed by atoms with Crippen LogP contribution in [0.2, 0.25) is 0 Å². The Morgan fingerprint density at radius 2 is 1.62 bits per heavy atom. The van der Waals surface area contributed by atoms with Crippen LogP contribution in [-0.4, -0.2) is 45.6 Å². The summed E-state index contributed by atoms with van der Waals surface area (Å²) in [6, 6.07) is 17.3. The predicted molar refractivity (Wildman–Crippen MR) is 131 cm³/mol. The van der Waals surface area contributed by atoms with Crippen molar-refractivity contribution in [3.8, 4) is 11.5 Å². The van der Waals surface area contributed by atoms with Gasteiger partial charge in [-0.2, -0.15) is 22.6 Å². The minimum Gasteiger partial charge on any atom is -0.493 e. The first-order chi connectivity index (χ1) is 17.6. The van der Waals surface area contributed by atoms with E-state index < -0.39 is 34.2 Å². The minimum atomic E-state index is -4.60. The number of hydrogen-bond acceptors (Lipinski definition) is 6. The largest absolute Gasteiger partial charge is 0.493 e. The number of hydrazone groups is 1. The van der Waals surface area contributed by atoms with Crippen LogP contribution in [0.25, 0.3) is 0 Å². The molecule has 0 aliphatic rings. The summed E-state index contributed by atoms with van der Waals surface area (Å²) in [5, 5.41) is 3.60. The second-order valence-electron chi connectivity index (χ2n) is 7.65. The van der Waals surface area contributed by atoms with Crippen LogP contribution in [0.3, 0.4) is 0 Å². The number of carbonyl (C=O) groups excluding carboxylic acids is 1. The Bertz CT molecular complexity index is 1360. The van der Waals surface area contributed by atoms with E-state index in [1.165, 1.54) is 50.6 Å². The van der Waals surface area contributed by atoms with Crippen molar-refractivity contribution in [1.82, 2.24) is 9.73 Å². The zero-order chi connectivity index (χ0) is 27.1. The maximum atomic E-state index is 13.5. The van der Waals surface area contributed by atoms with Crippen molar-refractivity contribution in [2.75, 3.05) is 20.8 Å². The lowest BCUT2D eigenvalue weighted by Gasteiger charge is -2.22. The second-order valence-corrected chi connectivity index (χ2v) is 9.59. The maximum absolute atomic E-state index is 13.5. The number of benzene rings is 3. The highest BCUT2D eigenvalue weighted by molar-refractivity contribution is 7.89. The molecule has 1 N–H and O–H groups in total. The molecule has 1 amide bonds. The molecule has 3 aromatic rings. The molecule has 0 atom stereocenters. The molecule has 12 heteroatoms. The third-order valence-electron chi connectivity index (χ3n) is 5.17. The molecule has 8 nitrogen and oxygen atoms in total. The number of nitrogens with zero attached hydrogens (tertiary/aromatic N) is 2. The van der Waals surface area contributed by atoms with Gasteiger partial charge in [0.05, 0.1) is 37.4 Å². The number of carbonyl (C=O) groups is 1. The molecule has 0 heterocycles. The summed E-state index contributed by atoms with van der Waals surface area (Å²) < 4.78 is 77.7. The van der Waals surface area contributed by atoms with Gasteiger partial charge in [0.1, 0.15) is 0 Å². The normalized spacial score (nSPS) is 12.1. The molecular weight excluding hydrogens is 511 g/mol. The lowest BCUT2D eigenvalue weighted by atomic mass is 10.1. The van der Waals surface area contributed by atoms with Gasteiger partial charge >= 0.3 is 6.18 Å². The zero-order valence-corrected chi connectivity index (χ0v) is 20.7. The highest BCUT2D eigenvalue weighted by Crippen LogP contribution is 2.32. The zero-order valence-electron chi connectivity index (χ0n) is 19.9. The maximum Gasteiger partial charge on any atom is 0.417 e. The number of amides is 1. The fourth-order valence-electron chi connectivity index (χ4n) is 3.38. The Hall–Kier alpha value is -3.90. The van der Waals surface area contributed by atoms with Gasteiger partial charge in [-0.1, -0.05) is 48.5 Å². The van der Waals surface area contributed by atoms with Crippen molar-refractivity contribution >= 4 is 22.1 Å². The fourth-order valence-corrected chi connectivity index (χ4v) is 4.78. The van der Waals surface area contributed by atoms with Crippen LogP contribution in [0.4, 0.5) is 13.2 Å². The first kappa shape index (κ1) is 27.7. The van der Waals surface area contributed by atoms with E-state index >= 15 is 0 Å². The van der Waals surface area contributed by atoms with Crippen molar-refractivity contribution in [2.24, 2.45) is 5.10 Å². The van der Waals surface area contributed by atoms with E-state index in [1.54, 1.807) is 30.3 Å². The molecule has 3 aromatic carbocycles. The Morgan fingerprint density at radius 1 is 0.973 bits per heavy atom. The third kappa shape index (κ3) is 7.08. The van der Waals surface area contributed by atoms with Gasteiger partial charge in [0.2, 0.25) is 10.0 Å². The molecule has 0 fully saturated rings. The highest BCUT2D eigenvalue weighted by Gasteiger charge is 2.32. The third-order valence-corrected chi connectivity index (χ3v) is 6.96. The van der Waals surface area contributed by atoms with Crippen LogP contribution >= 0.6 is 0 Å². The van der Waals surface area contributed by atoms with Crippen molar-refractivity contribution in [2.45, 2.75) is 17.6 Å². The quantitative estimate of drug-likeness (QED) is 0.312. The molecule has 0 spiro atoms. The number of sulfonamides is 1. The van der Waals surface area contributed by atoms with Gasteiger partial charge in [-0.3, -0.25) is 4.79 Å². The van der Waals surface area contributed by atoms with Crippen LogP contribution in [0, 0.1) is 0 Å². The van der Waals surface area contributed by atoms with Gasteiger partial charge in [-0.25, -0.2) is 13.8 Å². The fraction of sp³-hybridized carbons (Fsp3) is 0.200. The minimum absolute atomic E-state index is 0.142. The van der Waals surface area contributed by atoms with Crippen molar-refractivity contribution in [3.05, 3.63) is 89.5 Å². The molecular formula is C25H24F3N3O5S. The van der Waals surface area contributed by atoms with Gasteiger partial charge < -0.3 is 9.47 Å². The van der Waals surface area contributed by atoms with Crippen LogP contribution in [-0.2, 0) is 27.5 Å². The number of halogens is 3. The molecule has 37 heavy (non-hydrogen) atoms. The highest BCUT2D eigenvalue weighted by atomic mass is 32.2. The van der Waals surface area contributed by atoms with Gasteiger partial charge in [-0.05, 0) is 23.8 Å². The second kappa shape index (κ2) is 11.9. The number of hydrogen-bond donors (Lipinski definition) is 1. The average molecular weight is 536 g/mol. The molecule has 0 bridgehead atoms. The Morgan fingerprint density at radius 3 is 2.27 bits per heavy atom. The number of methoxy groups -OCH3 is 2. The van der Waals surface area contributed by atoms with E-state index in [0.29, 0.717) is 11.3 Å². The van der Waals surface area contributed by atoms with Gasteiger partial charge in [-0.15, -0.1) is 0 Å². The summed E-state index contributed by atoms with van der Waals surface area (Å²) in [5.74, 6) is -0.344. The monoisotopic (exact) mass is 535 g/mol. The molecule has 0 aliphatic carbocycles. The van der Waals surface area contributed by atoms with E-state index in [1.807, 2.05) is 0 Å². The summed E-state index contributed by atoms with van der Waals surface area (Å²) in [5.41, 5.74) is 1.54. The van der Waals surface area contributed by atoms with E-state index in [9.17, 15) is 26.4 Å². The van der Waals surface area contributed by atoms with Gasteiger partial charge in [0, 0.05) is 18.2 Å². The van der Waals surface area contributed by atoms with Crippen molar-refractivity contribution < 1.29 is 35.9 Å². The number of alkyl halides is 3. The van der Waals surface area contributed by atoms with Crippen LogP contribution in [0.15, 0.2) is 82.8 Å². The Kier molecular flexibility index (Phi) is 8.90. The molecule has 0 aliphatic heterocycles. The van der Waals surface area contributed by atoms with Gasteiger partial charge in [0.25, 0.3) is 5.91 Å². The molecule has 0 saturated carbocycles. The van der Waals surface area contributed by atoms with E-state index in [2.05, 4.69) is 10.5 Å². The number of ether oxygens (including phenoxy) is 2. The standard InChI is InChI=1S/C25H24F3N3O5S/c1-35-22-13-12-20(14-23(22)36-2)37(33,34)31(16-18-8-4-3-5-9-18)17-24(32)30-29-15-19-10-6-7-11-21(19)25(26,27)28/h3-15H,16-17H2,1-2H3,(H,30,32)/b29-15-. The first-order valence-corrected chi connectivity index (χ1v) is 12.2. The number of nitrogens with one attached hydrogen (secondary N) is 1. The molecule has 0 radical (unpaired) electrons. The molecule has 0 saturated heterocycles. The Labute approximate surface area is 212 Å². The molecule has 0 unspecified atom stereocenters. The summed E-state index contributed by atoms with van der Waals surface area (Å²) in [6.45, 7) is -0.796. The van der Waals surface area contributed by atoms with E-state index in [-0.39, 0.29) is 22.8 Å². The SMILES string of the molecule is COc1ccc(S(=O)(=O)N(CC(=O)N/N=C\c2ccccc2C(F)(F)F)Cc2ccccc2)cc1OC. The van der Waals surface area contributed by atoms with E-state index in [4.69, 9.17) is 9.47 Å². The van der Waals surface area contributed by atoms with Gasteiger partial charge in [0.15, 0.2) is 11.5 Å².